The molecule has 0 bridgehead atoms. The summed E-state index contributed by atoms with van der Waals surface area (Å²) in [7, 11) is 1.61. The third-order valence-electron chi connectivity index (χ3n) is 3.45. The van der Waals surface area contributed by atoms with Crippen LogP contribution in [0.25, 0.3) is 22.2 Å². The normalized spacial score (nSPS) is 10.5. The summed E-state index contributed by atoms with van der Waals surface area (Å²) >= 11 is 0. The molecule has 6 heteroatoms. The number of nitrogens with one attached hydrogen (secondary N) is 3. The lowest BCUT2D eigenvalue weighted by Gasteiger charge is -2.05. The van der Waals surface area contributed by atoms with Crippen LogP contribution in [0.1, 0.15) is 6.92 Å². The minimum atomic E-state index is -0.297. The number of rotatable bonds is 4. The summed E-state index contributed by atoms with van der Waals surface area (Å²) in [5, 5.41) is 5.33. The van der Waals surface area contributed by atoms with Crippen molar-refractivity contribution < 1.29 is 9.53 Å². The Balaban J connectivity index is 2.02. The van der Waals surface area contributed by atoms with Crippen LogP contribution in [-0.4, -0.2) is 29.7 Å². The third-order valence-corrected chi connectivity index (χ3v) is 3.45. The first-order valence-electron chi connectivity index (χ1n) is 7.39. The van der Waals surface area contributed by atoms with Gasteiger partial charge in [0.1, 0.15) is 11.3 Å². The van der Waals surface area contributed by atoms with E-state index in [1.54, 1.807) is 7.11 Å². The van der Waals surface area contributed by atoms with E-state index in [2.05, 4.69) is 20.6 Å². The first-order valence-corrected chi connectivity index (χ1v) is 7.39. The second kappa shape index (κ2) is 6.39. The Bertz CT molecular complexity index is 827. The molecule has 0 spiro atoms. The molecular formula is C17H18N4O2. The van der Waals surface area contributed by atoms with Crippen LogP contribution in [0.5, 0.6) is 5.75 Å². The van der Waals surface area contributed by atoms with Crippen LogP contribution in [0.3, 0.4) is 0 Å². The third kappa shape index (κ3) is 3.11. The van der Waals surface area contributed by atoms with E-state index in [0.717, 1.165) is 16.6 Å². The number of fused-ring (bicyclic) bond motifs is 1. The van der Waals surface area contributed by atoms with Crippen molar-refractivity contribution in [2.45, 2.75) is 6.92 Å². The van der Waals surface area contributed by atoms with Gasteiger partial charge in [-0.05, 0) is 30.2 Å². The number of hydrogen-bond acceptors (Lipinski definition) is 3. The second-order valence-corrected chi connectivity index (χ2v) is 5.01. The number of aromatic nitrogens is 2. The summed E-state index contributed by atoms with van der Waals surface area (Å²) in [5.74, 6) is 1.04. The lowest BCUT2D eigenvalue weighted by atomic mass is 10.0. The van der Waals surface area contributed by atoms with Crippen molar-refractivity contribution in [1.29, 1.82) is 0 Å². The molecule has 0 aliphatic carbocycles. The van der Waals surface area contributed by atoms with E-state index in [9.17, 15) is 4.79 Å². The molecule has 118 valence electrons. The minimum Gasteiger partial charge on any atom is -0.494 e. The summed E-state index contributed by atoms with van der Waals surface area (Å²) in [5.41, 5.74) is 3.58. The molecule has 1 heterocycles. The fourth-order valence-corrected chi connectivity index (χ4v) is 2.41. The van der Waals surface area contributed by atoms with Crippen LogP contribution in [0, 0.1) is 0 Å². The van der Waals surface area contributed by atoms with Gasteiger partial charge in [0.15, 0.2) is 0 Å². The van der Waals surface area contributed by atoms with Gasteiger partial charge < -0.3 is 15.0 Å². The second-order valence-electron chi connectivity index (χ2n) is 5.01. The number of hydrogen-bond donors (Lipinski definition) is 3. The van der Waals surface area contributed by atoms with Gasteiger partial charge in [0.05, 0.1) is 12.6 Å². The zero-order chi connectivity index (χ0) is 16.2. The Morgan fingerprint density at radius 1 is 1.22 bits per heavy atom. The number of methoxy groups -OCH3 is 1. The number of anilines is 1. The first kappa shape index (κ1) is 14.9. The molecule has 2 aromatic carbocycles. The van der Waals surface area contributed by atoms with Crippen molar-refractivity contribution in [1.82, 2.24) is 15.3 Å². The molecule has 3 N–H and O–H groups in total. The molecule has 0 saturated heterocycles. The zero-order valence-electron chi connectivity index (χ0n) is 13.0. The van der Waals surface area contributed by atoms with Crippen molar-refractivity contribution >= 4 is 23.0 Å². The van der Waals surface area contributed by atoms with E-state index >= 15 is 0 Å². The van der Waals surface area contributed by atoms with E-state index in [1.807, 2.05) is 49.4 Å². The summed E-state index contributed by atoms with van der Waals surface area (Å²) < 4.78 is 5.44. The molecule has 3 aromatic rings. The maximum atomic E-state index is 11.6. The molecule has 6 nitrogen and oxygen atoms in total. The molecule has 0 fully saturated rings. The summed E-state index contributed by atoms with van der Waals surface area (Å²) in [4.78, 5) is 19.1. The Morgan fingerprint density at radius 3 is 2.70 bits per heavy atom. The number of carbonyl (C=O) groups is 1. The Labute approximate surface area is 133 Å². The van der Waals surface area contributed by atoms with Crippen molar-refractivity contribution in [2.24, 2.45) is 0 Å². The summed E-state index contributed by atoms with van der Waals surface area (Å²) in [6, 6.07) is 13.6. The number of imidazole rings is 1. The molecule has 0 unspecified atom stereocenters. The lowest BCUT2D eigenvalue weighted by Crippen LogP contribution is -2.28. The van der Waals surface area contributed by atoms with Crippen LogP contribution in [-0.2, 0) is 0 Å². The lowest BCUT2D eigenvalue weighted by molar-refractivity contribution is 0.252. The molecule has 0 aliphatic heterocycles. The fraction of sp³-hybridized carbons (Fsp3) is 0.176. The SMILES string of the molecule is CCNC(=O)Nc1nc2c(OC)cc(-c3ccccc3)cc2[nH]1. The number of nitrogens with zero attached hydrogens (tertiary/aromatic N) is 1. The maximum absolute atomic E-state index is 11.6. The van der Waals surface area contributed by atoms with Crippen molar-refractivity contribution in [3.63, 3.8) is 0 Å². The van der Waals surface area contributed by atoms with Crippen LogP contribution in [0.4, 0.5) is 10.7 Å². The largest absolute Gasteiger partial charge is 0.494 e. The Kier molecular flexibility index (Phi) is 4.14. The number of benzene rings is 2. The van der Waals surface area contributed by atoms with Crippen molar-refractivity contribution in [3.8, 4) is 16.9 Å². The highest BCUT2D eigenvalue weighted by molar-refractivity contribution is 5.93. The van der Waals surface area contributed by atoms with Crippen LogP contribution in [0.15, 0.2) is 42.5 Å². The number of urea groups is 1. The van der Waals surface area contributed by atoms with E-state index in [4.69, 9.17) is 4.74 Å². The molecule has 0 aliphatic rings. The highest BCUT2D eigenvalue weighted by Gasteiger charge is 2.12. The first-order chi connectivity index (χ1) is 11.2. The number of carbonyl (C=O) groups excluding carboxylic acids is 1. The monoisotopic (exact) mass is 310 g/mol. The van der Waals surface area contributed by atoms with Gasteiger partial charge >= 0.3 is 6.03 Å². The molecule has 3 rings (SSSR count). The quantitative estimate of drug-likeness (QED) is 0.691. The number of aromatic amines is 1. The van der Waals surface area contributed by atoms with E-state index < -0.39 is 0 Å². The smallest absolute Gasteiger partial charge is 0.321 e. The number of amides is 2. The number of ether oxygens (including phenoxy) is 1. The van der Waals surface area contributed by atoms with E-state index in [-0.39, 0.29) is 6.03 Å². The molecule has 0 saturated carbocycles. The summed E-state index contributed by atoms with van der Waals surface area (Å²) in [6.07, 6.45) is 0. The molecular weight excluding hydrogens is 292 g/mol. The van der Waals surface area contributed by atoms with Crippen molar-refractivity contribution in [2.75, 3.05) is 19.0 Å². The summed E-state index contributed by atoms with van der Waals surface area (Å²) in [6.45, 7) is 2.40. The molecule has 0 atom stereocenters. The van der Waals surface area contributed by atoms with Gasteiger partial charge in [0, 0.05) is 6.54 Å². The van der Waals surface area contributed by atoms with Crippen molar-refractivity contribution in [3.05, 3.63) is 42.5 Å². The highest BCUT2D eigenvalue weighted by atomic mass is 16.5. The van der Waals surface area contributed by atoms with Gasteiger partial charge in [-0.15, -0.1) is 0 Å². The van der Waals surface area contributed by atoms with Crippen LogP contribution >= 0.6 is 0 Å². The van der Waals surface area contributed by atoms with Gasteiger partial charge in [-0.25, -0.2) is 9.78 Å². The average Bonchev–Trinajstić information content (AvgIpc) is 2.97. The standard InChI is InChI=1S/C17H18N4O2/c1-3-18-17(22)21-16-19-13-9-12(11-7-5-4-6-8-11)10-14(23-2)15(13)20-16/h4-10H,3H2,1-2H3,(H3,18,19,20,21,22). The van der Waals surface area contributed by atoms with E-state index in [1.165, 1.54) is 0 Å². The molecule has 23 heavy (non-hydrogen) atoms. The predicted octanol–water partition coefficient (Wildman–Crippen LogP) is 3.38. The van der Waals surface area contributed by atoms with Gasteiger partial charge in [0.25, 0.3) is 0 Å². The molecule has 0 radical (unpaired) electrons. The van der Waals surface area contributed by atoms with E-state index in [0.29, 0.717) is 23.8 Å². The van der Waals surface area contributed by atoms with Gasteiger partial charge in [-0.2, -0.15) is 0 Å². The fourth-order valence-electron chi connectivity index (χ4n) is 2.41. The highest BCUT2D eigenvalue weighted by Crippen LogP contribution is 2.31. The van der Waals surface area contributed by atoms with Crippen LogP contribution in [0.2, 0.25) is 0 Å². The topological polar surface area (TPSA) is 79.0 Å². The molecule has 1 aromatic heterocycles. The predicted molar refractivity (Wildman–Crippen MR) is 90.8 cm³/mol. The van der Waals surface area contributed by atoms with Gasteiger partial charge in [-0.3, -0.25) is 5.32 Å². The Hall–Kier alpha value is -3.02. The average molecular weight is 310 g/mol. The van der Waals surface area contributed by atoms with Crippen LogP contribution < -0.4 is 15.4 Å². The maximum Gasteiger partial charge on any atom is 0.321 e. The zero-order valence-corrected chi connectivity index (χ0v) is 13.0. The molecule has 2 amide bonds. The Morgan fingerprint density at radius 2 is 2.00 bits per heavy atom. The van der Waals surface area contributed by atoms with Gasteiger partial charge in [0.2, 0.25) is 5.95 Å². The number of H-pyrrole nitrogens is 1. The van der Waals surface area contributed by atoms with Gasteiger partial charge in [-0.1, -0.05) is 30.3 Å². The minimum absolute atomic E-state index is 0.297.